The van der Waals surface area contributed by atoms with Crippen LogP contribution in [-0.4, -0.2) is 25.4 Å². The first kappa shape index (κ1) is 14.5. The van der Waals surface area contributed by atoms with E-state index >= 15 is 0 Å². The summed E-state index contributed by atoms with van der Waals surface area (Å²) in [7, 11) is 0. The van der Waals surface area contributed by atoms with E-state index in [-0.39, 0.29) is 11.1 Å². The van der Waals surface area contributed by atoms with Crippen molar-refractivity contribution in [2.75, 3.05) is 5.32 Å². The molecule has 3 aromatic rings. The van der Waals surface area contributed by atoms with E-state index in [4.69, 9.17) is 23.2 Å². The number of anilines is 1. The summed E-state index contributed by atoms with van der Waals surface area (Å²) in [5.41, 5.74) is 2.59. The van der Waals surface area contributed by atoms with Crippen molar-refractivity contribution < 1.29 is 4.79 Å². The average Bonchev–Trinajstić information content (AvgIpc) is 3.00. The number of nitrogens with one attached hydrogen (secondary N) is 1. The lowest BCUT2D eigenvalue weighted by atomic mass is 10.2. The van der Waals surface area contributed by atoms with E-state index in [1.807, 2.05) is 6.07 Å². The Bertz CT molecular complexity index is 860. The number of benzene rings is 1. The molecule has 0 saturated carbocycles. The molecule has 0 atom stereocenters. The van der Waals surface area contributed by atoms with Crippen LogP contribution in [0.5, 0.6) is 0 Å². The molecule has 8 heteroatoms. The van der Waals surface area contributed by atoms with E-state index < -0.39 is 0 Å². The smallest absolute Gasteiger partial charge is 0.256 e. The summed E-state index contributed by atoms with van der Waals surface area (Å²) in [5.74, 6) is 0.0192. The van der Waals surface area contributed by atoms with Gasteiger partial charge in [-0.05, 0) is 12.1 Å². The van der Waals surface area contributed by atoms with Gasteiger partial charge >= 0.3 is 0 Å². The van der Waals surface area contributed by atoms with Crippen molar-refractivity contribution in [1.82, 2.24) is 19.5 Å². The van der Waals surface area contributed by atoms with Gasteiger partial charge in [0.1, 0.15) is 17.8 Å². The monoisotopic (exact) mass is 333 g/mol. The normalized spacial score (nSPS) is 11.6. The molecule has 110 valence electrons. The molecule has 1 aromatic carbocycles. The average molecular weight is 334 g/mol. The number of hydrogen-bond donors (Lipinski definition) is 1. The maximum absolute atomic E-state index is 12.2. The topological polar surface area (TPSA) is 72.7 Å². The van der Waals surface area contributed by atoms with E-state index in [1.54, 1.807) is 24.3 Å². The summed E-state index contributed by atoms with van der Waals surface area (Å²) in [6.07, 6.45) is 2.78. The van der Waals surface area contributed by atoms with Gasteiger partial charge in [-0.15, -0.1) is 0 Å². The van der Waals surface area contributed by atoms with Crippen LogP contribution >= 0.6 is 23.2 Å². The van der Waals surface area contributed by atoms with Crippen molar-refractivity contribution in [3.63, 3.8) is 0 Å². The number of hydrogen-bond acceptors (Lipinski definition) is 4. The van der Waals surface area contributed by atoms with Gasteiger partial charge in [-0.2, -0.15) is 0 Å². The van der Waals surface area contributed by atoms with Crippen molar-refractivity contribution in [3.05, 3.63) is 54.1 Å². The van der Waals surface area contributed by atoms with Gasteiger partial charge in [0.25, 0.3) is 5.91 Å². The highest BCUT2D eigenvalue weighted by Gasteiger charge is 2.14. The minimum Gasteiger partial charge on any atom is -0.305 e. The van der Waals surface area contributed by atoms with Crippen LogP contribution in [0.4, 0.5) is 5.82 Å². The van der Waals surface area contributed by atoms with E-state index in [1.165, 1.54) is 22.8 Å². The Morgan fingerprint density at radius 1 is 1.18 bits per heavy atom. The van der Waals surface area contributed by atoms with Gasteiger partial charge in [0.05, 0.1) is 0 Å². The summed E-state index contributed by atoms with van der Waals surface area (Å²) < 4.78 is 1.49. The van der Waals surface area contributed by atoms with Gasteiger partial charge in [0.15, 0.2) is 17.0 Å². The van der Waals surface area contributed by atoms with Crippen LogP contribution in [-0.2, 0) is 0 Å². The Morgan fingerprint density at radius 3 is 2.68 bits per heavy atom. The van der Waals surface area contributed by atoms with Crippen LogP contribution in [0.1, 0.15) is 10.4 Å². The van der Waals surface area contributed by atoms with Gasteiger partial charge < -0.3 is 5.32 Å². The van der Waals surface area contributed by atoms with Crippen LogP contribution in [0.15, 0.2) is 48.5 Å². The fraction of sp³-hybridized carbons (Fsp3) is 0. The number of rotatable bonds is 3. The highest BCUT2D eigenvalue weighted by Crippen LogP contribution is 2.22. The molecule has 3 rings (SSSR count). The summed E-state index contributed by atoms with van der Waals surface area (Å²) in [4.78, 5) is 24.5. The lowest BCUT2D eigenvalue weighted by Gasteiger charge is -2.05. The lowest BCUT2D eigenvalue weighted by Crippen LogP contribution is -2.13. The summed E-state index contributed by atoms with van der Waals surface area (Å²) in [6.45, 7) is 0. The molecule has 22 heavy (non-hydrogen) atoms. The van der Waals surface area contributed by atoms with Crippen LogP contribution in [0.25, 0.3) is 16.3 Å². The Balaban J connectivity index is 1.98. The van der Waals surface area contributed by atoms with Crippen LogP contribution in [0.2, 0.25) is 0 Å². The first-order chi connectivity index (χ1) is 10.7. The zero-order valence-corrected chi connectivity index (χ0v) is 12.6. The van der Waals surface area contributed by atoms with Crippen molar-refractivity contribution in [2.45, 2.75) is 0 Å². The van der Waals surface area contributed by atoms with Crippen molar-refractivity contribution >= 4 is 51.2 Å². The van der Waals surface area contributed by atoms with Crippen molar-refractivity contribution in [3.8, 4) is 0 Å². The van der Waals surface area contributed by atoms with Crippen molar-refractivity contribution in [2.24, 2.45) is 0 Å². The van der Waals surface area contributed by atoms with Crippen LogP contribution < -0.4 is 5.32 Å². The molecular formula is C14H9Cl2N5O. The number of carbonyl (C=O) groups excluding carboxylic acids is 1. The second-order valence-electron chi connectivity index (χ2n) is 4.26. The van der Waals surface area contributed by atoms with Gasteiger partial charge in [0.2, 0.25) is 0 Å². The standard InChI is InChI=1S/C14H9Cl2N5O/c15-6-10(16)21-8-19-11-12(17-7-18-13(11)21)20-14(22)9-4-2-1-3-5-9/h1-8H,(H,17,18,20,22)/b10-6+. The van der Waals surface area contributed by atoms with Gasteiger partial charge in [0, 0.05) is 11.1 Å². The zero-order valence-electron chi connectivity index (χ0n) is 11.1. The fourth-order valence-corrected chi connectivity index (χ4v) is 2.13. The third-order valence-electron chi connectivity index (χ3n) is 2.92. The Kier molecular flexibility index (Phi) is 4.04. The predicted octanol–water partition coefficient (Wildman–Crippen LogP) is 3.31. The summed E-state index contributed by atoms with van der Waals surface area (Å²) >= 11 is 11.6. The maximum atomic E-state index is 12.2. The van der Waals surface area contributed by atoms with E-state index in [0.717, 1.165) is 0 Å². The van der Waals surface area contributed by atoms with Gasteiger partial charge in [-0.1, -0.05) is 41.4 Å². The van der Waals surface area contributed by atoms with Crippen LogP contribution in [0.3, 0.4) is 0 Å². The SMILES string of the molecule is O=C(Nc1ncnc2c1ncn2/C(Cl)=C/Cl)c1ccccc1. The molecule has 6 nitrogen and oxygen atoms in total. The Labute approximate surface area is 135 Å². The number of aromatic nitrogens is 4. The number of fused-ring (bicyclic) bond motifs is 1. The summed E-state index contributed by atoms with van der Waals surface area (Å²) in [6, 6.07) is 8.81. The number of nitrogens with zero attached hydrogens (tertiary/aromatic N) is 4. The largest absolute Gasteiger partial charge is 0.305 e. The first-order valence-electron chi connectivity index (χ1n) is 6.21. The molecule has 0 aliphatic heterocycles. The van der Waals surface area contributed by atoms with E-state index in [9.17, 15) is 4.79 Å². The molecule has 0 fully saturated rings. The molecule has 1 amide bonds. The molecule has 0 unspecified atom stereocenters. The number of amides is 1. The Morgan fingerprint density at radius 2 is 1.95 bits per heavy atom. The van der Waals surface area contributed by atoms with Crippen molar-refractivity contribution in [1.29, 1.82) is 0 Å². The molecule has 2 aromatic heterocycles. The Hall–Kier alpha value is -2.44. The zero-order chi connectivity index (χ0) is 15.5. The van der Waals surface area contributed by atoms with E-state index in [2.05, 4.69) is 20.3 Å². The third-order valence-corrected chi connectivity index (χ3v) is 3.53. The molecule has 0 bridgehead atoms. The summed E-state index contributed by atoms with van der Waals surface area (Å²) in [5, 5.41) is 2.95. The first-order valence-corrected chi connectivity index (χ1v) is 7.03. The maximum Gasteiger partial charge on any atom is 0.256 e. The molecular weight excluding hydrogens is 325 g/mol. The fourth-order valence-electron chi connectivity index (χ4n) is 1.90. The highest BCUT2D eigenvalue weighted by molar-refractivity contribution is 6.50. The second-order valence-corrected chi connectivity index (χ2v) is 4.87. The minimum absolute atomic E-state index is 0.239. The lowest BCUT2D eigenvalue weighted by molar-refractivity contribution is 0.102. The molecule has 0 aliphatic carbocycles. The molecule has 0 aliphatic rings. The second kappa shape index (κ2) is 6.13. The quantitative estimate of drug-likeness (QED) is 0.798. The van der Waals surface area contributed by atoms with Gasteiger partial charge in [-0.25, -0.2) is 15.0 Å². The molecule has 2 heterocycles. The number of halogens is 2. The third kappa shape index (κ3) is 2.66. The molecule has 0 saturated heterocycles. The minimum atomic E-state index is -0.283. The van der Waals surface area contributed by atoms with Gasteiger partial charge in [-0.3, -0.25) is 9.36 Å². The highest BCUT2D eigenvalue weighted by atomic mass is 35.5. The molecule has 0 radical (unpaired) electrons. The number of carbonyl (C=O) groups is 1. The predicted molar refractivity (Wildman–Crippen MR) is 85.7 cm³/mol. The van der Waals surface area contributed by atoms with E-state index in [0.29, 0.717) is 22.5 Å². The molecule has 1 N–H and O–H groups in total. The van der Waals surface area contributed by atoms with Crippen LogP contribution in [0, 0.1) is 0 Å². The number of imidazole rings is 1. The molecule has 0 spiro atoms.